The second-order valence-corrected chi connectivity index (χ2v) is 7.01. The molecule has 4 aromatic rings. The largest absolute Gasteiger partial charge is 0.292 e. The van der Waals surface area contributed by atoms with Crippen LogP contribution in [0, 0.1) is 6.92 Å². The molecule has 0 fully saturated rings. The van der Waals surface area contributed by atoms with Crippen molar-refractivity contribution in [2.45, 2.75) is 20.0 Å². The Morgan fingerprint density at radius 1 is 1.12 bits per heavy atom. The molecule has 0 amide bonds. The Labute approximate surface area is 157 Å². The summed E-state index contributed by atoms with van der Waals surface area (Å²) in [7, 11) is 0. The van der Waals surface area contributed by atoms with Gasteiger partial charge in [0.2, 0.25) is 0 Å². The van der Waals surface area contributed by atoms with E-state index in [0.29, 0.717) is 29.8 Å². The SMILES string of the molecule is Cc1ccc(Cn2cc(Cn3cnc4ncc(Br)cc4c3=O)nn2)cc1. The highest BCUT2D eigenvalue weighted by Crippen LogP contribution is 2.12. The second-order valence-electron chi connectivity index (χ2n) is 6.10. The van der Waals surface area contributed by atoms with Crippen molar-refractivity contribution in [1.29, 1.82) is 0 Å². The Hall–Kier alpha value is -2.87. The average Bonchev–Trinajstić information content (AvgIpc) is 3.07. The highest BCUT2D eigenvalue weighted by molar-refractivity contribution is 9.10. The number of aromatic nitrogens is 6. The van der Waals surface area contributed by atoms with Crippen LogP contribution >= 0.6 is 15.9 Å². The smallest absolute Gasteiger partial charge is 0.263 e. The van der Waals surface area contributed by atoms with Crippen molar-refractivity contribution in [1.82, 2.24) is 29.5 Å². The van der Waals surface area contributed by atoms with Gasteiger partial charge < -0.3 is 0 Å². The molecule has 0 N–H and O–H groups in total. The molecule has 130 valence electrons. The Kier molecular flexibility index (Phi) is 4.34. The van der Waals surface area contributed by atoms with Crippen LogP contribution in [0.25, 0.3) is 11.0 Å². The van der Waals surface area contributed by atoms with Gasteiger partial charge in [-0.2, -0.15) is 0 Å². The molecule has 0 aliphatic heterocycles. The van der Waals surface area contributed by atoms with Crippen molar-refractivity contribution in [3.63, 3.8) is 0 Å². The molecule has 7 nitrogen and oxygen atoms in total. The van der Waals surface area contributed by atoms with E-state index in [1.54, 1.807) is 16.9 Å². The first kappa shape index (κ1) is 16.6. The molecule has 0 unspecified atom stereocenters. The maximum Gasteiger partial charge on any atom is 0.263 e. The summed E-state index contributed by atoms with van der Waals surface area (Å²) in [5.74, 6) is 0. The van der Waals surface area contributed by atoms with E-state index in [0.717, 1.165) is 10.0 Å². The lowest BCUT2D eigenvalue weighted by atomic mass is 10.1. The number of nitrogens with zero attached hydrogens (tertiary/aromatic N) is 6. The van der Waals surface area contributed by atoms with Gasteiger partial charge in [0.15, 0.2) is 5.65 Å². The van der Waals surface area contributed by atoms with Crippen molar-refractivity contribution < 1.29 is 0 Å². The number of rotatable bonds is 4. The second kappa shape index (κ2) is 6.80. The molecule has 0 saturated heterocycles. The van der Waals surface area contributed by atoms with Crippen molar-refractivity contribution in [3.05, 3.63) is 80.7 Å². The first-order chi connectivity index (χ1) is 12.6. The van der Waals surface area contributed by atoms with Crippen LogP contribution < -0.4 is 5.56 Å². The van der Waals surface area contributed by atoms with Crippen LogP contribution in [0.1, 0.15) is 16.8 Å². The Bertz CT molecular complexity index is 1130. The molecule has 0 saturated carbocycles. The van der Waals surface area contributed by atoms with Crippen LogP contribution in [-0.2, 0) is 13.1 Å². The quantitative estimate of drug-likeness (QED) is 0.516. The lowest BCUT2D eigenvalue weighted by Crippen LogP contribution is -2.21. The number of hydrogen-bond donors (Lipinski definition) is 0. The lowest BCUT2D eigenvalue weighted by Gasteiger charge is -2.04. The molecule has 0 radical (unpaired) electrons. The number of aryl methyl sites for hydroxylation is 1. The topological polar surface area (TPSA) is 78.5 Å². The fourth-order valence-corrected chi connectivity index (χ4v) is 3.01. The number of halogens is 1. The molecule has 8 heteroatoms. The minimum atomic E-state index is -0.156. The number of pyridine rings is 1. The third-order valence-corrected chi connectivity index (χ3v) is 4.46. The van der Waals surface area contributed by atoms with E-state index in [9.17, 15) is 4.79 Å². The zero-order chi connectivity index (χ0) is 18.1. The molecule has 0 aliphatic carbocycles. The molecule has 3 heterocycles. The molecule has 0 spiro atoms. The van der Waals surface area contributed by atoms with Crippen molar-refractivity contribution >= 4 is 27.0 Å². The van der Waals surface area contributed by atoms with Crippen LogP contribution in [-0.4, -0.2) is 29.5 Å². The van der Waals surface area contributed by atoms with E-state index >= 15 is 0 Å². The van der Waals surface area contributed by atoms with Crippen molar-refractivity contribution in [3.8, 4) is 0 Å². The summed E-state index contributed by atoms with van der Waals surface area (Å²) in [5.41, 5.74) is 3.34. The first-order valence-electron chi connectivity index (χ1n) is 8.04. The lowest BCUT2D eigenvalue weighted by molar-refractivity contribution is 0.648. The fraction of sp³-hybridized carbons (Fsp3) is 0.167. The molecule has 3 aromatic heterocycles. The summed E-state index contributed by atoms with van der Waals surface area (Å²) in [6, 6.07) is 10.0. The summed E-state index contributed by atoms with van der Waals surface area (Å²) >= 11 is 3.33. The Morgan fingerprint density at radius 3 is 2.73 bits per heavy atom. The van der Waals surface area contributed by atoms with Gasteiger partial charge in [0, 0.05) is 10.7 Å². The van der Waals surface area contributed by atoms with Gasteiger partial charge in [0.1, 0.15) is 12.0 Å². The van der Waals surface area contributed by atoms with Gasteiger partial charge in [-0.25, -0.2) is 14.6 Å². The van der Waals surface area contributed by atoms with Gasteiger partial charge in [-0.05, 0) is 34.5 Å². The molecule has 1 aromatic carbocycles. The van der Waals surface area contributed by atoms with Crippen molar-refractivity contribution in [2.75, 3.05) is 0 Å². The first-order valence-corrected chi connectivity index (χ1v) is 8.83. The van der Waals surface area contributed by atoms with E-state index < -0.39 is 0 Å². The molecule has 0 aliphatic rings. The predicted octanol–water partition coefficient (Wildman–Crippen LogP) is 2.55. The van der Waals surface area contributed by atoms with Gasteiger partial charge in [-0.1, -0.05) is 35.0 Å². The fourth-order valence-electron chi connectivity index (χ4n) is 2.68. The van der Waals surface area contributed by atoms with Crippen LogP contribution in [0.15, 0.2) is 58.3 Å². The minimum Gasteiger partial charge on any atom is -0.292 e. The van der Waals surface area contributed by atoms with E-state index in [1.165, 1.54) is 16.5 Å². The number of hydrogen-bond acceptors (Lipinski definition) is 5. The average molecular weight is 411 g/mol. The van der Waals surface area contributed by atoms with Gasteiger partial charge >= 0.3 is 0 Å². The highest BCUT2D eigenvalue weighted by Gasteiger charge is 2.09. The zero-order valence-corrected chi connectivity index (χ0v) is 15.6. The van der Waals surface area contributed by atoms with Crippen LogP contribution in [0.5, 0.6) is 0 Å². The monoisotopic (exact) mass is 410 g/mol. The molecule has 26 heavy (non-hydrogen) atoms. The van der Waals surface area contributed by atoms with Crippen LogP contribution in [0.3, 0.4) is 0 Å². The normalized spacial score (nSPS) is 11.2. The Balaban J connectivity index is 1.57. The minimum absolute atomic E-state index is 0.156. The van der Waals surface area contributed by atoms with Crippen LogP contribution in [0.2, 0.25) is 0 Å². The Morgan fingerprint density at radius 2 is 1.92 bits per heavy atom. The maximum absolute atomic E-state index is 12.6. The van der Waals surface area contributed by atoms with Gasteiger partial charge in [-0.3, -0.25) is 9.36 Å². The third-order valence-electron chi connectivity index (χ3n) is 4.03. The zero-order valence-electron chi connectivity index (χ0n) is 14.0. The third kappa shape index (κ3) is 3.41. The van der Waals surface area contributed by atoms with Gasteiger partial charge in [0.25, 0.3) is 5.56 Å². The van der Waals surface area contributed by atoms with Crippen molar-refractivity contribution in [2.24, 2.45) is 0 Å². The van der Waals surface area contributed by atoms with E-state index in [1.807, 2.05) is 6.20 Å². The standard InChI is InChI=1S/C18H15BrN6O/c1-12-2-4-13(5-3-12)8-25-10-15(22-23-25)9-24-11-21-17-16(18(24)26)6-14(19)7-20-17/h2-7,10-11H,8-9H2,1H3. The summed E-state index contributed by atoms with van der Waals surface area (Å²) in [6.07, 6.45) is 4.95. The maximum atomic E-state index is 12.6. The van der Waals surface area contributed by atoms with Crippen LogP contribution in [0.4, 0.5) is 0 Å². The summed E-state index contributed by atoms with van der Waals surface area (Å²) in [5, 5.41) is 8.78. The van der Waals surface area contributed by atoms with E-state index in [4.69, 9.17) is 0 Å². The number of fused-ring (bicyclic) bond motifs is 1. The summed E-state index contributed by atoms with van der Waals surface area (Å²) < 4.78 is 4.01. The van der Waals surface area contributed by atoms with Gasteiger partial charge in [0.05, 0.1) is 24.7 Å². The molecule has 4 rings (SSSR count). The number of benzene rings is 1. The summed E-state index contributed by atoms with van der Waals surface area (Å²) in [6.45, 7) is 3.00. The predicted molar refractivity (Wildman–Crippen MR) is 101 cm³/mol. The summed E-state index contributed by atoms with van der Waals surface area (Å²) in [4.78, 5) is 21.0. The molecular weight excluding hydrogens is 396 g/mol. The molecular formula is C18H15BrN6O. The highest BCUT2D eigenvalue weighted by atomic mass is 79.9. The van der Waals surface area contributed by atoms with E-state index in [-0.39, 0.29) is 5.56 Å². The van der Waals surface area contributed by atoms with Gasteiger partial charge in [-0.15, -0.1) is 5.10 Å². The molecule has 0 atom stereocenters. The molecule has 0 bridgehead atoms. The van der Waals surface area contributed by atoms with E-state index in [2.05, 4.69) is 67.4 Å².